The van der Waals surface area contributed by atoms with E-state index in [1.54, 1.807) is 12.3 Å². The van der Waals surface area contributed by atoms with Crippen LogP contribution in [-0.4, -0.2) is 44.2 Å². The average Bonchev–Trinajstić information content (AvgIpc) is 2.83. The summed E-state index contributed by atoms with van der Waals surface area (Å²) in [5.41, 5.74) is 0.596. The molecule has 1 aromatic heterocycles. The van der Waals surface area contributed by atoms with E-state index >= 15 is 0 Å². The molecule has 1 atom stereocenters. The maximum atomic E-state index is 11.9. The van der Waals surface area contributed by atoms with Gasteiger partial charge in [-0.2, -0.15) is 0 Å². The van der Waals surface area contributed by atoms with Gasteiger partial charge in [-0.05, 0) is 26.0 Å². The summed E-state index contributed by atoms with van der Waals surface area (Å²) in [5.74, 6) is 0.582. The Bertz CT molecular complexity index is 614. The van der Waals surface area contributed by atoms with Gasteiger partial charge in [0, 0.05) is 36.7 Å². The first kappa shape index (κ1) is 16.0. The largest absolute Gasteiger partial charge is 0.357 e. The molecule has 0 saturated carbocycles. The van der Waals surface area contributed by atoms with E-state index in [-0.39, 0.29) is 18.9 Å². The Labute approximate surface area is 129 Å². The molecule has 0 spiro atoms. The normalized spacial score (nSPS) is 19.1. The highest BCUT2D eigenvalue weighted by Crippen LogP contribution is 2.27. The molecule has 0 bridgehead atoms. The minimum Gasteiger partial charge on any atom is -0.357 e. The van der Waals surface area contributed by atoms with E-state index < -0.39 is 14.3 Å². The van der Waals surface area contributed by atoms with Crippen molar-refractivity contribution in [3.63, 3.8) is 0 Å². The third-order valence-electron chi connectivity index (χ3n) is 3.62. The second-order valence-electron chi connectivity index (χ2n) is 4.85. The lowest BCUT2D eigenvalue weighted by Gasteiger charge is -2.21. The second kappa shape index (κ2) is 6.19. The monoisotopic (exact) mass is 331 g/mol. The number of hydrogen-bond donors (Lipinski definition) is 0. The number of rotatable bonds is 5. The minimum absolute atomic E-state index is 0.0797. The molecule has 0 N–H and O–H groups in total. The summed E-state index contributed by atoms with van der Waals surface area (Å²) in [4.78, 5) is 19.8. The molecule has 1 saturated heterocycles. The molecule has 8 heteroatoms. The summed E-state index contributed by atoms with van der Waals surface area (Å²) in [5, 5.41) is -0.853. The maximum Gasteiger partial charge on any atom is 0.237 e. The van der Waals surface area contributed by atoms with Crippen LogP contribution in [0.5, 0.6) is 0 Å². The second-order valence-corrected chi connectivity index (χ2v) is 7.76. The van der Waals surface area contributed by atoms with E-state index in [2.05, 4.69) is 9.88 Å². The molecule has 6 nitrogen and oxygen atoms in total. The number of aromatic nitrogens is 1. The number of halogens is 1. The molecule has 1 fully saturated rings. The fraction of sp³-hybridized carbons (Fsp3) is 0.538. The van der Waals surface area contributed by atoms with Crippen LogP contribution in [0.15, 0.2) is 18.3 Å². The van der Waals surface area contributed by atoms with Crippen molar-refractivity contribution in [3.05, 3.63) is 18.3 Å². The van der Waals surface area contributed by atoms with Gasteiger partial charge < -0.3 is 9.80 Å². The van der Waals surface area contributed by atoms with Crippen LogP contribution in [0, 0.1) is 0 Å². The van der Waals surface area contributed by atoms with E-state index in [9.17, 15) is 13.2 Å². The molecular formula is C13H18ClN3O3S. The van der Waals surface area contributed by atoms with Crippen LogP contribution in [0.4, 0.5) is 11.5 Å². The van der Waals surface area contributed by atoms with Crippen molar-refractivity contribution in [1.29, 1.82) is 0 Å². The van der Waals surface area contributed by atoms with Gasteiger partial charge in [0.15, 0.2) is 0 Å². The lowest BCUT2D eigenvalue weighted by Crippen LogP contribution is -2.27. The van der Waals surface area contributed by atoms with Crippen LogP contribution in [0.1, 0.15) is 20.3 Å². The van der Waals surface area contributed by atoms with Gasteiger partial charge in [0.05, 0.1) is 11.9 Å². The molecule has 0 aromatic carbocycles. The predicted molar refractivity (Wildman–Crippen MR) is 83.3 cm³/mol. The van der Waals surface area contributed by atoms with Crippen molar-refractivity contribution < 1.29 is 13.2 Å². The van der Waals surface area contributed by atoms with Crippen LogP contribution in [0.2, 0.25) is 0 Å². The molecule has 2 rings (SSSR count). The molecule has 116 valence electrons. The van der Waals surface area contributed by atoms with Gasteiger partial charge in [-0.1, -0.05) is 0 Å². The summed E-state index contributed by atoms with van der Waals surface area (Å²) in [7, 11) is 1.61. The molecular weight excluding hydrogens is 314 g/mol. The zero-order chi connectivity index (χ0) is 15.6. The Morgan fingerprint density at radius 1 is 1.38 bits per heavy atom. The summed E-state index contributed by atoms with van der Waals surface area (Å²) in [6.45, 7) is 5.85. The van der Waals surface area contributed by atoms with E-state index in [1.165, 1.54) is 4.90 Å². The highest BCUT2D eigenvalue weighted by Gasteiger charge is 2.38. The Morgan fingerprint density at radius 3 is 2.48 bits per heavy atom. The van der Waals surface area contributed by atoms with Crippen molar-refractivity contribution in [3.8, 4) is 0 Å². The van der Waals surface area contributed by atoms with Gasteiger partial charge in [0.1, 0.15) is 11.1 Å². The highest BCUT2D eigenvalue weighted by atomic mass is 35.7. The quantitative estimate of drug-likeness (QED) is 0.766. The summed E-state index contributed by atoms with van der Waals surface area (Å²) >= 11 is 0. The number of carbonyl (C=O) groups excluding carboxylic acids is 1. The Morgan fingerprint density at radius 2 is 2.05 bits per heavy atom. The van der Waals surface area contributed by atoms with Gasteiger partial charge in [-0.25, -0.2) is 13.4 Å². The van der Waals surface area contributed by atoms with Gasteiger partial charge in [-0.3, -0.25) is 4.79 Å². The summed E-state index contributed by atoms with van der Waals surface area (Å²) in [6, 6.07) is 3.61. The topological polar surface area (TPSA) is 70.6 Å². The third-order valence-corrected chi connectivity index (χ3v) is 5.49. The molecule has 2 heterocycles. The average molecular weight is 332 g/mol. The van der Waals surface area contributed by atoms with Gasteiger partial charge >= 0.3 is 0 Å². The molecule has 21 heavy (non-hydrogen) atoms. The minimum atomic E-state index is -3.72. The van der Waals surface area contributed by atoms with Crippen LogP contribution in [0.3, 0.4) is 0 Å². The van der Waals surface area contributed by atoms with Crippen LogP contribution in [0.25, 0.3) is 0 Å². The van der Waals surface area contributed by atoms with Crippen molar-refractivity contribution >= 4 is 37.1 Å². The van der Waals surface area contributed by atoms with Crippen molar-refractivity contribution in [2.45, 2.75) is 25.5 Å². The maximum absolute atomic E-state index is 11.9. The van der Waals surface area contributed by atoms with Gasteiger partial charge in [-0.15, -0.1) is 0 Å². The van der Waals surface area contributed by atoms with Crippen molar-refractivity contribution in [2.24, 2.45) is 0 Å². The number of nitrogens with zero attached hydrogens (tertiary/aromatic N) is 3. The number of anilines is 2. The Kier molecular flexibility index (Phi) is 4.73. The Balaban J connectivity index is 2.18. The smallest absolute Gasteiger partial charge is 0.237 e. The summed E-state index contributed by atoms with van der Waals surface area (Å²) in [6.07, 6.45) is 1.51. The first-order valence-corrected chi connectivity index (χ1v) is 9.18. The van der Waals surface area contributed by atoms with E-state index in [0.29, 0.717) is 5.69 Å². The van der Waals surface area contributed by atoms with Gasteiger partial charge in [0.25, 0.3) is 0 Å². The Hall–Kier alpha value is -1.34. The fourth-order valence-corrected chi connectivity index (χ4v) is 3.41. The van der Waals surface area contributed by atoms with Crippen LogP contribution < -0.4 is 9.80 Å². The first-order valence-electron chi connectivity index (χ1n) is 6.81. The zero-order valence-corrected chi connectivity index (χ0v) is 13.6. The van der Waals surface area contributed by atoms with E-state index in [4.69, 9.17) is 10.7 Å². The lowest BCUT2D eigenvalue weighted by molar-refractivity contribution is -0.117. The van der Waals surface area contributed by atoms with E-state index in [0.717, 1.165) is 18.9 Å². The number of amides is 1. The van der Waals surface area contributed by atoms with E-state index in [1.807, 2.05) is 19.9 Å². The van der Waals surface area contributed by atoms with Crippen LogP contribution >= 0.6 is 10.7 Å². The first-order chi connectivity index (χ1) is 9.86. The van der Waals surface area contributed by atoms with Crippen LogP contribution in [-0.2, 0) is 13.8 Å². The molecule has 1 aliphatic rings. The van der Waals surface area contributed by atoms with Crippen molar-refractivity contribution in [2.75, 3.05) is 29.4 Å². The standard InChI is InChI=1S/C13H18ClN3O3S/c1-3-16(4-2)12-6-5-10(8-15-12)17-9-11(7-13(17)18)21(14,19)20/h5-6,8,11H,3-4,7,9H2,1-2H3. The molecule has 0 radical (unpaired) electrons. The molecule has 1 unspecified atom stereocenters. The lowest BCUT2D eigenvalue weighted by atomic mass is 10.3. The molecule has 1 aromatic rings. The molecule has 0 aliphatic carbocycles. The molecule has 1 amide bonds. The third kappa shape index (κ3) is 3.47. The number of hydrogen-bond acceptors (Lipinski definition) is 5. The SMILES string of the molecule is CCN(CC)c1ccc(N2CC(S(=O)(=O)Cl)CC2=O)cn1. The van der Waals surface area contributed by atoms with Crippen molar-refractivity contribution in [1.82, 2.24) is 4.98 Å². The van der Waals surface area contributed by atoms with Gasteiger partial charge in [0.2, 0.25) is 15.0 Å². The number of carbonyl (C=O) groups is 1. The summed E-state index contributed by atoms with van der Waals surface area (Å²) < 4.78 is 22.7. The predicted octanol–water partition coefficient (Wildman–Crippen LogP) is 1.60. The fourth-order valence-electron chi connectivity index (χ4n) is 2.39. The number of pyridine rings is 1. The highest BCUT2D eigenvalue weighted by molar-refractivity contribution is 8.14. The zero-order valence-electron chi connectivity index (χ0n) is 12.0. The molecule has 1 aliphatic heterocycles.